The van der Waals surface area contributed by atoms with E-state index in [-0.39, 0.29) is 12.1 Å². The van der Waals surface area contributed by atoms with Crippen LogP contribution in [-0.4, -0.2) is 53.4 Å². The monoisotopic (exact) mass is 318 g/mol. The summed E-state index contributed by atoms with van der Waals surface area (Å²) in [6, 6.07) is 0.178. The van der Waals surface area contributed by atoms with Crippen molar-refractivity contribution in [2.45, 2.75) is 39.8 Å². The Bertz CT molecular complexity index is 256. The lowest BCUT2D eigenvalue weighted by atomic mass is 10.4. The van der Waals surface area contributed by atoms with Crippen LogP contribution in [0.1, 0.15) is 27.7 Å². The van der Waals surface area contributed by atoms with Crippen LogP contribution < -0.4 is 0 Å². The van der Waals surface area contributed by atoms with Gasteiger partial charge in [0.25, 0.3) is 0 Å². The molecule has 0 atom stereocenters. The fourth-order valence-electron chi connectivity index (χ4n) is 1.88. The molecule has 0 aromatic rings. The van der Waals surface area contributed by atoms with Gasteiger partial charge in [-0.1, -0.05) is 0 Å². The van der Waals surface area contributed by atoms with Gasteiger partial charge in [-0.15, -0.1) is 23.2 Å². The van der Waals surface area contributed by atoms with E-state index in [2.05, 4.69) is 0 Å². The van der Waals surface area contributed by atoms with Gasteiger partial charge in [-0.25, -0.2) is 9.34 Å². The van der Waals surface area contributed by atoms with Crippen LogP contribution in [0.15, 0.2) is 0 Å². The molecule has 110 valence electrons. The average molecular weight is 319 g/mol. The average Bonchev–Trinajstić information content (AvgIpc) is 2.31. The predicted molar refractivity (Wildman–Crippen MR) is 79.7 cm³/mol. The van der Waals surface area contributed by atoms with E-state index in [0.717, 1.165) is 0 Å². The van der Waals surface area contributed by atoms with Crippen molar-refractivity contribution in [3.63, 3.8) is 0 Å². The Balaban J connectivity index is 5.31. The minimum Gasteiger partial charge on any atom is -0.309 e. The van der Waals surface area contributed by atoms with Crippen molar-refractivity contribution in [3.8, 4) is 0 Å². The zero-order valence-electron chi connectivity index (χ0n) is 11.9. The first-order valence-electron chi connectivity index (χ1n) is 6.17. The Kier molecular flexibility index (Phi) is 9.12. The topological polar surface area (TPSA) is 32.8 Å². The molecular weight excluding hydrogens is 294 g/mol. The lowest BCUT2D eigenvalue weighted by molar-refractivity contribution is 0.209. The van der Waals surface area contributed by atoms with E-state index in [9.17, 15) is 4.57 Å². The Morgan fingerprint density at radius 1 is 1.00 bits per heavy atom. The van der Waals surface area contributed by atoms with Crippen LogP contribution in [0.25, 0.3) is 0 Å². The maximum absolute atomic E-state index is 13.2. The van der Waals surface area contributed by atoms with E-state index in [1.165, 1.54) is 7.11 Å². The number of hydrogen-bond donors (Lipinski definition) is 0. The van der Waals surface area contributed by atoms with Crippen molar-refractivity contribution in [1.82, 2.24) is 9.34 Å². The molecule has 0 unspecified atom stereocenters. The van der Waals surface area contributed by atoms with Gasteiger partial charge in [-0.2, -0.15) is 0 Å². The summed E-state index contributed by atoms with van der Waals surface area (Å²) in [4.78, 5) is 0. The molecule has 0 saturated heterocycles. The summed E-state index contributed by atoms with van der Waals surface area (Å²) in [5.74, 6) is 0.830. The third kappa shape index (κ3) is 4.66. The molecule has 4 nitrogen and oxygen atoms in total. The molecule has 18 heavy (non-hydrogen) atoms. The molecule has 0 aliphatic rings. The van der Waals surface area contributed by atoms with Crippen LogP contribution in [0.5, 0.6) is 0 Å². The smallest absolute Gasteiger partial charge is 0.309 e. The van der Waals surface area contributed by atoms with Crippen LogP contribution in [0.4, 0.5) is 0 Å². The number of nitrogens with zero attached hydrogens (tertiary/aromatic N) is 2. The summed E-state index contributed by atoms with van der Waals surface area (Å²) >= 11 is 11.6. The van der Waals surface area contributed by atoms with Crippen LogP contribution in [0, 0.1) is 0 Å². The quantitative estimate of drug-likeness (QED) is 0.480. The van der Waals surface area contributed by atoms with Gasteiger partial charge in [0.15, 0.2) is 0 Å². The van der Waals surface area contributed by atoms with Gasteiger partial charge >= 0.3 is 7.67 Å². The first kappa shape index (κ1) is 18.7. The van der Waals surface area contributed by atoms with Crippen molar-refractivity contribution >= 4 is 30.9 Å². The highest BCUT2D eigenvalue weighted by molar-refractivity contribution is 7.54. The molecule has 0 aliphatic carbocycles. The van der Waals surface area contributed by atoms with Gasteiger partial charge in [-0.3, -0.25) is 4.57 Å². The Hall–Kier alpha value is 0.690. The summed E-state index contributed by atoms with van der Waals surface area (Å²) in [5, 5.41) is 0. The minimum absolute atomic E-state index is 0.0890. The molecule has 0 aliphatic heterocycles. The van der Waals surface area contributed by atoms with E-state index in [4.69, 9.17) is 27.7 Å². The van der Waals surface area contributed by atoms with Crippen molar-refractivity contribution < 1.29 is 9.09 Å². The molecule has 0 aromatic carbocycles. The molecule has 0 fully saturated rings. The molecule has 0 rings (SSSR count). The van der Waals surface area contributed by atoms with Crippen molar-refractivity contribution in [2.75, 3.05) is 32.0 Å². The van der Waals surface area contributed by atoms with Gasteiger partial charge in [0, 0.05) is 44.0 Å². The Labute approximate surface area is 121 Å². The molecule has 0 radical (unpaired) electrons. The lowest BCUT2D eigenvalue weighted by Gasteiger charge is -2.41. The second kappa shape index (κ2) is 8.78. The standard InChI is InChI=1S/C11H25Cl2N2O2P/c1-10(2)14(8-6-12)18(16,17-5)15(9-7-13)11(3)4/h10-11H,6-9H2,1-5H3. The molecule has 7 heteroatoms. The highest BCUT2D eigenvalue weighted by Gasteiger charge is 2.40. The molecule has 0 spiro atoms. The SMILES string of the molecule is COP(=O)(N(CCCl)C(C)C)N(CCCl)C(C)C. The van der Waals surface area contributed by atoms with Gasteiger partial charge in [0.1, 0.15) is 0 Å². The summed E-state index contributed by atoms with van der Waals surface area (Å²) in [6.07, 6.45) is 0. The van der Waals surface area contributed by atoms with E-state index >= 15 is 0 Å². The maximum atomic E-state index is 13.2. The summed E-state index contributed by atoms with van der Waals surface area (Å²) in [7, 11) is -1.59. The van der Waals surface area contributed by atoms with Crippen molar-refractivity contribution in [2.24, 2.45) is 0 Å². The van der Waals surface area contributed by atoms with Crippen LogP contribution in [0.2, 0.25) is 0 Å². The van der Waals surface area contributed by atoms with Gasteiger partial charge in [0.2, 0.25) is 0 Å². The van der Waals surface area contributed by atoms with E-state index in [0.29, 0.717) is 24.8 Å². The summed E-state index contributed by atoms with van der Waals surface area (Å²) < 4.78 is 22.2. The van der Waals surface area contributed by atoms with Crippen LogP contribution in [0.3, 0.4) is 0 Å². The first-order valence-corrected chi connectivity index (χ1v) is 8.77. The second-order valence-corrected chi connectivity index (χ2v) is 7.69. The molecular formula is C11H25Cl2N2O2P. The fourth-order valence-corrected chi connectivity index (χ4v) is 5.07. The zero-order valence-corrected chi connectivity index (χ0v) is 14.3. The van der Waals surface area contributed by atoms with E-state index in [1.54, 1.807) is 0 Å². The number of rotatable bonds is 9. The highest BCUT2D eigenvalue weighted by atomic mass is 35.5. The summed E-state index contributed by atoms with van der Waals surface area (Å²) in [5.41, 5.74) is 0. The van der Waals surface area contributed by atoms with Crippen molar-refractivity contribution in [1.29, 1.82) is 0 Å². The van der Waals surface area contributed by atoms with Crippen molar-refractivity contribution in [3.05, 3.63) is 0 Å². The van der Waals surface area contributed by atoms with Crippen LogP contribution in [-0.2, 0) is 9.09 Å². The fraction of sp³-hybridized carbons (Fsp3) is 1.00. The number of alkyl halides is 2. The Morgan fingerprint density at radius 3 is 1.50 bits per heavy atom. The zero-order chi connectivity index (χ0) is 14.3. The normalized spacial score (nSPS) is 13.3. The van der Waals surface area contributed by atoms with Crippen LogP contribution >= 0.6 is 30.9 Å². The third-order valence-electron chi connectivity index (χ3n) is 2.71. The second-order valence-electron chi connectivity index (χ2n) is 4.56. The molecule has 0 heterocycles. The Morgan fingerprint density at radius 2 is 1.33 bits per heavy atom. The molecule has 0 amide bonds. The van der Waals surface area contributed by atoms with Gasteiger partial charge < -0.3 is 4.52 Å². The largest absolute Gasteiger partial charge is 0.346 e. The molecule has 0 N–H and O–H groups in total. The number of hydrogen-bond acceptors (Lipinski definition) is 2. The molecule has 0 bridgehead atoms. The maximum Gasteiger partial charge on any atom is 0.346 e. The molecule has 0 aromatic heterocycles. The third-order valence-corrected chi connectivity index (χ3v) is 6.14. The molecule has 0 saturated carbocycles. The predicted octanol–water partition coefficient (Wildman–Crippen LogP) is 3.64. The van der Waals surface area contributed by atoms with E-state index < -0.39 is 7.67 Å². The number of halogens is 2. The minimum atomic E-state index is -3.07. The van der Waals surface area contributed by atoms with Gasteiger partial charge in [-0.05, 0) is 27.7 Å². The summed E-state index contributed by atoms with van der Waals surface area (Å²) in [6.45, 7) is 8.98. The lowest BCUT2D eigenvalue weighted by Crippen LogP contribution is -2.41. The first-order chi connectivity index (χ1) is 8.34. The van der Waals surface area contributed by atoms with Gasteiger partial charge in [0.05, 0.1) is 0 Å². The van der Waals surface area contributed by atoms with E-state index in [1.807, 2.05) is 37.0 Å². The highest BCUT2D eigenvalue weighted by Crippen LogP contribution is 2.55.